The van der Waals surface area contributed by atoms with Gasteiger partial charge in [0.25, 0.3) is 0 Å². The number of carbonyl (C=O) groups excluding carboxylic acids is 2. The zero-order valence-electron chi connectivity index (χ0n) is 10.8. The highest BCUT2D eigenvalue weighted by atomic mass is 16.5. The zero-order valence-corrected chi connectivity index (χ0v) is 10.8. The summed E-state index contributed by atoms with van der Waals surface area (Å²) in [6, 6.07) is 6.52. The highest BCUT2D eigenvalue weighted by molar-refractivity contribution is 5.80. The number of carbonyl (C=O) groups is 2. The van der Waals surface area contributed by atoms with Crippen molar-refractivity contribution in [1.82, 2.24) is 10.6 Å². The molecule has 0 aromatic heterocycles. The minimum absolute atomic E-state index is 0.0482. The van der Waals surface area contributed by atoms with E-state index in [2.05, 4.69) is 15.4 Å². The van der Waals surface area contributed by atoms with Gasteiger partial charge in [-0.15, -0.1) is 0 Å². The first-order chi connectivity index (χ1) is 9.17. The van der Waals surface area contributed by atoms with Crippen molar-refractivity contribution in [2.45, 2.75) is 0 Å². The van der Waals surface area contributed by atoms with Crippen molar-refractivity contribution in [2.75, 3.05) is 27.5 Å². The molecule has 0 bridgehead atoms. The van der Waals surface area contributed by atoms with Crippen LogP contribution >= 0.6 is 0 Å². The molecule has 0 saturated carbocycles. The molecule has 2 N–H and O–H groups in total. The van der Waals surface area contributed by atoms with Crippen molar-refractivity contribution < 1.29 is 23.8 Å². The summed E-state index contributed by atoms with van der Waals surface area (Å²) in [5.74, 6) is 0.554. The van der Waals surface area contributed by atoms with Crippen LogP contribution in [0.4, 0.5) is 4.79 Å². The van der Waals surface area contributed by atoms with Gasteiger partial charge in [-0.2, -0.15) is 0 Å². The van der Waals surface area contributed by atoms with Crippen LogP contribution in [0.25, 0.3) is 0 Å². The molecule has 1 aromatic rings. The quantitative estimate of drug-likeness (QED) is 0.579. The lowest BCUT2D eigenvalue weighted by Crippen LogP contribution is -2.40. The molecule has 0 radical (unpaired) electrons. The molecule has 2 amide bonds. The third-order valence-electron chi connectivity index (χ3n) is 2.15. The van der Waals surface area contributed by atoms with E-state index < -0.39 is 12.0 Å². The van der Waals surface area contributed by atoms with Gasteiger partial charge in [-0.3, -0.25) is 4.79 Å². The van der Waals surface area contributed by atoms with Crippen LogP contribution in [0.5, 0.6) is 11.5 Å². The zero-order chi connectivity index (χ0) is 14.1. The van der Waals surface area contributed by atoms with Gasteiger partial charge in [0.15, 0.2) is 18.2 Å². The first-order valence-electron chi connectivity index (χ1n) is 5.51. The minimum atomic E-state index is -0.528. The summed E-state index contributed by atoms with van der Waals surface area (Å²) >= 11 is 0. The number of esters is 1. The molecule has 0 aliphatic rings. The molecule has 0 saturated heterocycles. The van der Waals surface area contributed by atoms with Crippen molar-refractivity contribution in [2.24, 2.45) is 0 Å². The van der Waals surface area contributed by atoms with Gasteiger partial charge in [0.05, 0.1) is 14.2 Å². The average Bonchev–Trinajstić information content (AvgIpc) is 2.45. The van der Waals surface area contributed by atoms with Gasteiger partial charge in [0.2, 0.25) is 0 Å². The standard InChI is InChI=1S/C12H16N2O5/c1-17-9-5-3-4-6-10(9)19-8-14-12(16)13-7-11(15)18-2/h3-6H,7-8H2,1-2H3,(H2,13,14,16). The first-order valence-corrected chi connectivity index (χ1v) is 5.51. The second-order valence-electron chi connectivity index (χ2n) is 3.38. The van der Waals surface area contributed by atoms with Gasteiger partial charge < -0.3 is 24.8 Å². The number of urea groups is 1. The third-order valence-corrected chi connectivity index (χ3v) is 2.15. The van der Waals surface area contributed by atoms with Crippen LogP contribution in [0.3, 0.4) is 0 Å². The molecule has 0 aliphatic carbocycles. The fourth-order valence-electron chi connectivity index (χ4n) is 1.20. The van der Waals surface area contributed by atoms with E-state index in [0.29, 0.717) is 11.5 Å². The smallest absolute Gasteiger partial charge is 0.325 e. The van der Waals surface area contributed by atoms with E-state index in [1.54, 1.807) is 18.2 Å². The Kier molecular flexibility index (Phi) is 6.00. The fraction of sp³-hybridized carbons (Fsp3) is 0.333. The van der Waals surface area contributed by atoms with E-state index in [0.717, 1.165) is 0 Å². The van der Waals surface area contributed by atoms with Gasteiger partial charge in [-0.25, -0.2) is 4.79 Å². The summed E-state index contributed by atoms with van der Waals surface area (Å²) < 4.78 is 14.8. The Bertz CT molecular complexity index is 436. The number of benzene rings is 1. The van der Waals surface area contributed by atoms with Crippen LogP contribution in [0.15, 0.2) is 24.3 Å². The molecule has 0 fully saturated rings. The Hall–Kier alpha value is -2.44. The molecule has 0 atom stereocenters. The lowest BCUT2D eigenvalue weighted by Gasteiger charge is -2.11. The first kappa shape index (κ1) is 14.6. The third kappa shape index (κ3) is 5.15. The van der Waals surface area contributed by atoms with Crippen molar-refractivity contribution in [3.8, 4) is 11.5 Å². The van der Waals surface area contributed by atoms with Crippen LogP contribution in [0.2, 0.25) is 0 Å². The summed E-state index contributed by atoms with van der Waals surface area (Å²) in [5.41, 5.74) is 0. The Morgan fingerprint density at radius 3 is 2.42 bits per heavy atom. The van der Waals surface area contributed by atoms with Crippen LogP contribution < -0.4 is 20.1 Å². The Morgan fingerprint density at radius 2 is 1.79 bits per heavy atom. The number of amides is 2. The summed E-state index contributed by atoms with van der Waals surface area (Å²) in [6.45, 7) is -0.246. The molecule has 0 spiro atoms. The van der Waals surface area contributed by atoms with Crippen LogP contribution in [-0.2, 0) is 9.53 Å². The van der Waals surface area contributed by atoms with Crippen molar-refractivity contribution in [1.29, 1.82) is 0 Å². The molecule has 1 aromatic carbocycles. The van der Waals surface area contributed by atoms with E-state index >= 15 is 0 Å². The van der Waals surface area contributed by atoms with Crippen molar-refractivity contribution in [3.63, 3.8) is 0 Å². The molecular weight excluding hydrogens is 252 g/mol. The largest absolute Gasteiger partial charge is 0.493 e. The van der Waals surface area contributed by atoms with Crippen LogP contribution in [0, 0.1) is 0 Å². The Labute approximate surface area is 110 Å². The van der Waals surface area contributed by atoms with Gasteiger partial charge >= 0.3 is 12.0 Å². The van der Waals surface area contributed by atoms with Crippen molar-refractivity contribution in [3.05, 3.63) is 24.3 Å². The normalized spacial score (nSPS) is 9.37. The van der Waals surface area contributed by atoms with E-state index in [9.17, 15) is 9.59 Å². The van der Waals surface area contributed by atoms with E-state index in [-0.39, 0.29) is 13.3 Å². The maximum atomic E-state index is 11.3. The number of methoxy groups -OCH3 is 2. The van der Waals surface area contributed by atoms with Crippen molar-refractivity contribution >= 4 is 12.0 Å². The molecule has 7 heteroatoms. The summed E-state index contributed by atoms with van der Waals surface area (Å²) in [5, 5.41) is 4.74. The highest BCUT2D eigenvalue weighted by Gasteiger charge is 2.05. The summed E-state index contributed by atoms with van der Waals surface area (Å²) in [4.78, 5) is 22.0. The second-order valence-corrected chi connectivity index (χ2v) is 3.38. The topological polar surface area (TPSA) is 85.9 Å². The molecule has 1 rings (SSSR count). The number of rotatable bonds is 6. The number of hydrogen-bond donors (Lipinski definition) is 2. The molecule has 0 heterocycles. The molecule has 0 unspecified atom stereocenters. The van der Waals surface area contributed by atoms with Gasteiger partial charge in [-0.1, -0.05) is 12.1 Å². The SMILES string of the molecule is COC(=O)CNC(=O)NCOc1ccccc1OC. The Morgan fingerprint density at radius 1 is 1.11 bits per heavy atom. The number of nitrogens with one attached hydrogen (secondary N) is 2. The fourth-order valence-corrected chi connectivity index (χ4v) is 1.20. The lowest BCUT2D eigenvalue weighted by molar-refractivity contribution is -0.139. The van der Waals surface area contributed by atoms with E-state index in [1.807, 2.05) is 6.07 Å². The number of hydrogen-bond acceptors (Lipinski definition) is 5. The van der Waals surface area contributed by atoms with Gasteiger partial charge in [-0.05, 0) is 12.1 Å². The summed E-state index contributed by atoms with van der Waals surface area (Å²) in [7, 11) is 2.77. The highest BCUT2D eigenvalue weighted by Crippen LogP contribution is 2.25. The van der Waals surface area contributed by atoms with Gasteiger partial charge in [0, 0.05) is 0 Å². The van der Waals surface area contributed by atoms with Gasteiger partial charge in [0.1, 0.15) is 6.54 Å². The monoisotopic (exact) mass is 268 g/mol. The molecule has 104 valence electrons. The molecule has 7 nitrogen and oxygen atoms in total. The predicted octanol–water partition coefficient (Wildman–Crippen LogP) is 0.504. The molecule has 0 aliphatic heterocycles. The summed E-state index contributed by atoms with van der Waals surface area (Å²) in [6.07, 6.45) is 0. The Balaban J connectivity index is 2.30. The van der Waals surface area contributed by atoms with Crippen LogP contribution in [0.1, 0.15) is 0 Å². The maximum Gasteiger partial charge on any atom is 0.325 e. The average molecular weight is 268 g/mol. The van der Waals surface area contributed by atoms with Crippen LogP contribution in [-0.4, -0.2) is 39.5 Å². The number of ether oxygens (including phenoxy) is 3. The van der Waals surface area contributed by atoms with E-state index in [1.165, 1.54) is 14.2 Å². The predicted molar refractivity (Wildman–Crippen MR) is 67.0 cm³/mol. The lowest BCUT2D eigenvalue weighted by atomic mass is 10.3. The second kappa shape index (κ2) is 7.80. The van der Waals surface area contributed by atoms with E-state index in [4.69, 9.17) is 9.47 Å². The minimum Gasteiger partial charge on any atom is -0.493 e. The molecule has 19 heavy (non-hydrogen) atoms. The maximum absolute atomic E-state index is 11.3. The number of para-hydroxylation sites is 2. The molecular formula is C12H16N2O5.